The third kappa shape index (κ3) is 3.36. The minimum Gasteiger partial charge on any atom is -0.494 e. The summed E-state index contributed by atoms with van der Waals surface area (Å²) in [6.45, 7) is 4.53. The number of nitrogens with zero attached hydrogens (tertiary/aromatic N) is 3. The zero-order chi connectivity index (χ0) is 22.2. The lowest BCUT2D eigenvalue weighted by molar-refractivity contribution is 0.0970. The van der Waals surface area contributed by atoms with E-state index < -0.39 is 11.9 Å². The average Bonchev–Trinajstić information content (AvgIpc) is 3.35. The number of aromatic nitrogens is 2. The van der Waals surface area contributed by atoms with Crippen LogP contribution in [0.2, 0.25) is 0 Å². The molecule has 1 aliphatic rings. The van der Waals surface area contributed by atoms with Gasteiger partial charge in [-0.15, -0.1) is 10.2 Å². The molecule has 0 aliphatic carbocycles. The number of carbonyl (C=O) groups excluding carboxylic acids is 1. The number of hydrogen-bond donors (Lipinski definition) is 0. The first-order valence-corrected chi connectivity index (χ1v) is 11.3. The van der Waals surface area contributed by atoms with E-state index in [2.05, 4.69) is 17.1 Å². The number of amides is 1. The molecule has 0 N–H and O–H groups in total. The molecule has 1 atom stereocenters. The second-order valence-electron chi connectivity index (χ2n) is 7.63. The van der Waals surface area contributed by atoms with Crippen LogP contribution in [0, 0.1) is 6.92 Å². The van der Waals surface area contributed by atoms with Crippen molar-refractivity contribution in [1.82, 2.24) is 10.2 Å². The fraction of sp³-hybridized carbons (Fsp3) is 0.250. The highest BCUT2D eigenvalue weighted by Crippen LogP contribution is 2.42. The normalized spacial score (nSPS) is 15.4. The number of para-hydroxylation sites is 1. The molecule has 0 saturated carbocycles. The van der Waals surface area contributed by atoms with E-state index in [9.17, 15) is 9.59 Å². The molecule has 8 heteroatoms. The Morgan fingerprint density at radius 2 is 1.97 bits per heavy atom. The molecule has 5 rings (SSSR count). The first kappa shape index (κ1) is 20.4. The number of rotatable bonds is 6. The second-order valence-corrected chi connectivity index (χ2v) is 8.79. The number of fused-ring (bicyclic) bond motifs is 2. The molecule has 0 spiro atoms. The smallest absolute Gasteiger partial charge is 0.297 e. The highest BCUT2D eigenvalue weighted by molar-refractivity contribution is 7.15. The Hall–Kier alpha value is -3.52. The van der Waals surface area contributed by atoms with E-state index in [-0.39, 0.29) is 11.2 Å². The third-order valence-corrected chi connectivity index (χ3v) is 6.28. The van der Waals surface area contributed by atoms with Gasteiger partial charge in [0.15, 0.2) is 5.43 Å². The van der Waals surface area contributed by atoms with Gasteiger partial charge in [0, 0.05) is 0 Å². The SMILES string of the molecule is CCCCOc1cccc([C@@H]2c3c(oc4ccccc4c3=O)C(=O)N2c2nnc(C)s2)c1. The van der Waals surface area contributed by atoms with Crippen LogP contribution in [-0.2, 0) is 0 Å². The van der Waals surface area contributed by atoms with E-state index in [4.69, 9.17) is 9.15 Å². The van der Waals surface area contributed by atoms with Crippen LogP contribution >= 0.6 is 11.3 Å². The molecule has 0 saturated heterocycles. The Balaban J connectivity index is 1.70. The van der Waals surface area contributed by atoms with Gasteiger partial charge in [0.05, 0.1) is 23.6 Å². The summed E-state index contributed by atoms with van der Waals surface area (Å²) in [5, 5.41) is 9.85. The van der Waals surface area contributed by atoms with Gasteiger partial charge < -0.3 is 9.15 Å². The van der Waals surface area contributed by atoms with Crippen molar-refractivity contribution < 1.29 is 13.9 Å². The molecule has 2 aromatic heterocycles. The monoisotopic (exact) mass is 447 g/mol. The summed E-state index contributed by atoms with van der Waals surface area (Å²) in [6, 6.07) is 13.8. The van der Waals surface area contributed by atoms with Crippen LogP contribution in [-0.4, -0.2) is 22.7 Å². The summed E-state index contributed by atoms with van der Waals surface area (Å²) in [4.78, 5) is 28.5. The van der Waals surface area contributed by atoms with E-state index in [1.165, 1.54) is 16.2 Å². The summed E-state index contributed by atoms with van der Waals surface area (Å²) in [7, 11) is 0. The van der Waals surface area contributed by atoms with Crippen molar-refractivity contribution in [2.75, 3.05) is 11.5 Å². The summed E-state index contributed by atoms with van der Waals surface area (Å²) in [5.41, 5.74) is 1.23. The van der Waals surface area contributed by atoms with Crippen LogP contribution in [0.4, 0.5) is 5.13 Å². The maximum absolute atomic E-state index is 13.5. The molecule has 4 aromatic rings. The molecule has 7 nitrogen and oxygen atoms in total. The predicted octanol–water partition coefficient (Wildman–Crippen LogP) is 4.88. The number of anilines is 1. The summed E-state index contributed by atoms with van der Waals surface area (Å²) in [6.07, 6.45) is 1.98. The zero-order valence-electron chi connectivity index (χ0n) is 17.7. The van der Waals surface area contributed by atoms with E-state index in [0.717, 1.165) is 23.4 Å². The van der Waals surface area contributed by atoms with Crippen LogP contribution in [0.25, 0.3) is 11.0 Å². The fourth-order valence-electron chi connectivity index (χ4n) is 3.92. The summed E-state index contributed by atoms with van der Waals surface area (Å²) < 4.78 is 11.8. The molecular weight excluding hydrogens is 426 g/mol. The first-order valence-electron chi connectivity index (χ1n) is 10.5. The standard InChI is InChI=1S/C24H21N3O4S/c1-3-4-12-30-16-9-7-8-15(13-16)20-19-21(28)17-10-5-6-11-18(17)31-22(19)23(29)27(20)24-26-25-14(2)32-24/h5-11,13,20H,3-4,12H2,1-2H3/t20-/m1/s1. The van der Waals surface area contributed by atoms with Crippen molar-refractivity contribution in [1.29, 1.82) is 0 Å². The Bertz CT molecular complexity index is 1380. The van der Waals surface area contributed by atoms with Crippen LogP contribution in [0.1, 0.15) is 52.5 Å². The van der Waals surface area contributed by atoms with Gasteiger partial charge in [-0.2, -0.15) is 0 Å². The number of unbranched alkanes of at least 4 members (excludes halogenated alkanes) is 1. The molecule has 32 heavy (non-hydrogen) atoms. The molecule has 162 valence electrons. The van der Waals surface area contributed by atoms with Crippen molar-refractivity contribution in [2.45, 2.75) is 32.7 Å². The molecular formula is C24H21N3O4S. The van der Waals surface area contributed by atoms with E-state index >= 15 is 0 Å². The molecule has 1 amide bonds. The summed E-state index contributed by atoms with van der Waals surface area (Å²) in [5.74, 6) is 0.334. The van der Waals surface area contributed by atoms with Gasteiger partial charge in [0.2, 0.25) is 10.9 Å². The molecule has 0 unspecified atom stereocenters. The van der Waals surface area contributed by atoms with Gasteiger partial charge in [-0.05, 0) is 43.2 Å². The molecule has 1 aliphatic heterocycles. The van der Waals surface area contributed by atoms with Crippen molar-refractivity contribution in [2.24, 2.45) is 0 Å². The van der Waals surface area contributed by atoms with Gasteiger partial charge in [-0.1, -0.05) is 48.9 Å². The molecule has 2 aromatic carbocycles. The Morgan fingerprint density at radius 3 is 2.75 bits per heavy atom. The van der Waals surface area contributed by atoms with Crippen LogP contribution in [0.15, 0.2) is 57.7 Å². The van der Waals surface area contributed by atoms with Crippen LogP contribution in [0.3, 0.4) is 0 Å². The Kier molecular flexibility index (Phi) is 5.22. The van der Waals surface area contributed by atoms with E-state index in [0.29, 0.717) is 34.0 Å². The highest BCUT2D eigenvalue weighted by atomic mass is 32.1. The van der Waals surface area contributed by atoms with Crippen molar-refractivity contribution in [3.8, 4) is 5.75 Å². The van der Waals surface area contributed by atoms with Gasteiger partial charge in [-0.3, -0.25) is 14.5 Å². The quantitative estimate of drug-likeness (QED) is 0.392. The lowest BCUT2D eigenvalue weighted by Gasteiger charge is -2.22. The maximum atomic E-state index is 13.5. The van der Waals surface area contributed by atoms with E-state index in [1.807, 2.05) is 31.2 Å². The largest absolute Gasteiger partial charge is 0.494 e. The number of hydrogen-bond acceptors (Lipinski definition) is 7. The number of ether oxygens (including phenoxy) is 1. The minimum atomic E-state index is -0.680. The molecule has 0 fully saturated rings. The van der Waals surface area contributed by atoms with Crippen molar-refractivity contribution >= 4 is 33.3 Å². The zero-order valence-corrected chi connectivity index (χ0v) is 18.5. The fourth-order valence-corrected chi connectivity index (χ4v) is 4.64. The topological polar surface area (TPSA) is 85.5 Å². The number of benzene rings is 2. The third-order valence-electron chi connectivity index (χ3n) is 5.44. The predicted molar refractivity (Wildman–Crippen MR) is 123 cm³/mol. The van der Waals surface area contributed by atoms with Crippen molar-refractivity contribution in [3.05, 3.63) is 80.6 Å². The second kappa shape index (κ2) is 8.20. The Labute approximate surface area is 188 Å². The van der Waals surface area contributed by atoms with Gasteiger partial charge in [-0.25, -0.2) is 0 Å². The van der Waals surface area contributed by atoms with Gasteiger partial charge >= 0.3 is 0 Å². The molecule has 0 radical (unpaired) electrons. The number of aryl methyl sites for hydroxylation is 1. The molecule has 3 heterocycles. The maximum Gasteiger partial charge on any atom is 0.297 e. The van der Waals surface area contributed by atoms with Gasteiger partial charge in [0.1, 0.15) is 16.3 Å². The lowest BCUT2D eigenvalue weighted by atomic mass is 9.98. The number of carbonyl (C=O) groups is 1. The summed E-state index contributed by atoms with van der Waals surface area (Å²) >= 11 is 1.30. The lowest BCUT2D eigenvalue weighted by Crippen LogP contribution is -2.29. The highest BCUT2D eigenvalue weighted by Gasteiger charge is 2.45. The van der Waals surface area contributed by atoms with Crippen LogP contribution < -0.4 is 15.1 Å². The van der Waals surface area contributed by atoms with Crippen molar-refractivity contribution in [3.63, 3.8) is 0 Å². The average molecular weight is 448 g/mol. The molecule has 0 bridgehead atoms. The van der Waals surface area contributed by atoms with Gasteiger partial charge in [0.25, 0.3) is 5.91 Å². The first-order chi connectivity index (χ1) is 15.6. The van der Waals surface area contributed by atoms with Crippen LogP contribution in [0.5, 0.6) is 5.75 Å². The van der Waals surface area contributed by atoms with E-state index in [1.54, 1.807) is 24.3 Å². The Morgan fingerprint density at radius 1 is 1.12 bits per heavy atom. The minimum absolute atomic E-state index is 0.0452.